The molecule has 2 N–H and O–H groups in total. The Morgan fingerprint density at radius 3 is 2.50 bits per heavy atom. The monoisotopic (exact) mass is 295 g/mol. The molecule has 2 rings (SSSR count). The van der Waals surface area contributed by atoms with Crippen molar-refractivity contribution in [2.75, 3.05) is 20.1 Å². The average molecular weight is 295 g/mol. The summed E-state index contributed by atoms with van der Waals surface area (Å²) in [7, 11) is 2.16. The summed E-state index contributed by atoms with van der Waals surface area (Å²) < 4.78 is 13.3. The maximum absolute atomic E-state index is 13.3. The van der Waals surface area contributed by atoms with Gasteiger partial charge >= 0.3 is 0 Å². The number of piperazine rings is 1. The molecule has 20 heavy (non-hydrogen) atoms. The van der Waals surface area contributed by atoms with Gasteiger partial charge in [-0.05, 0) is 38.6 Å². The van der Waals surface area contributed by atoms with Crippen LogP contribution in [-0.4, -0.2) is 47.0 Å². The molecule has 0 bridgehead atoms. The first-order valence-corrected chi connectivity index (χ1v) is 7.32. The number of nitrogens with zero attached hydrogens (tertiary/aromatic N) is 2. The van der Waals surface area contributed by atoms with E-state index in [1.165, 1.54) is 12.1 Å². The third kappa shape index (κ3) is 3.34. The molecule has 0 aliphatic carbocycles. The van der Waals surface area contributed by atoms with E-state index in [4.69, 9.17) is 18.0 Å². The van der Waals surface area contributed by atoms with Crippen molar-refractivity contribution < 1.29 is 4.39 Å². The highest BCUT2D eigenvalue weighted by molar-refractivity contribution is 7.80. The van der Waals surface area contributed by atoms with Gasteiger partial charge in [-0.1, -0.05) is 18.3 Å². The summed E-state index contributed by atoms with van der Waals surface area (Å²) in [5, 5.41) is 0. The topological polar surface area (TPSA) is 32.5 Å². The largest absolute Gasteiger partial charge is 0.389 e. The van der Waals surface area contributed by atoms with Gasteiger partial charge in [-0.25, -0.2) is 4.39 Å². The molecule has 2 atom stereocenters. The summed E-state index contributed by atoms with van der Waals surface area (Å²) in [6.07, 6.45) is 0. The van der Waals surface area contributed by atoms with Crippen LogP contribution in [0.15, 0.2) is 18.2 Å². The molecule has 0 spiro atoms. The Morgan fingerprint density at radius 2 is 1.95 bits per heavy atom. The second kappa shape index (κ2) is 6.16. The van der Waals surface area contributed by atoms with Crippen molar-refractivity contribution >= 4 is 17.2 Å². The number of thiocarbonyl (C=S) groups is 1. The van der Waals surface area contributed by atoms with Gasteiger partial charge in [-0.15, -0.1) is 0 Å². The minimum atomic E-state index is -0.295. The van der Waals surface area contributed by atoms with E-state index in [1.54, 1.807) is 6.07 Å². The van der Waals surface area contributed by atoms with Gasteiger partial charge in [0.15, 0.2) is 0 Å². The van der Waals surface area contributed by atoms with Crippen LogP contribution in [0, 0.1) is 5.82 Å². The van der Waals surface area contributed by atoms with E-state index in [0.29, 0.717) is 17.6 Å². The van der Waals surface area contributed by atoms with Crippen molar-refractivity contribution in [3.63, 3.8) is 0 Å². The molecule has 5 heteroatoms. The van der Waals surface area contributed by atoms with Crippen molar-refractivity contribution in [1.29, 1.82) is 0 Å². The second-order valence-corrected chi connectivity index (χ2v) is 6.16. The van der Waals surface area contributed by atoms with Crippen molar-refractivity contribution in [1.82, 2.24) is 9.80 Å². The van der Waals surface area contributed by atoms with E-state index in [1.807, 2.05) is 0 Å². The van der Waals surface area contributed by atoms with Crippen LogP contribution in [0.1, 0.15) is 25.0 Å². The maximum atomic E-state index is 13.3. The van der Waals surface area contributed by atoms with Crippen LogP contribution in [0.2, 0.25) is 0 Å². The number of hydrogen-bond acceptors (Lipinski definition) is 3. The quantitative estimate of drug-likeness (QED) is 0.864. The predicted molar refractivity (Wildman–Crippen MR) is 84.3 cm³/mol. The number of nitrogens with two attached hydrogens (primary N) is 1. The standard InChI is InChI=1S/C15H22FN3S/c1-10-7-19(8-11(2)18(10)3)9-12-4-5-13(16)6-14(12)15(17)20/h4-6,10-11H,7-9H2,1-3H3,(H2,17,20). The van der Waals surface area contributed by atoms with E-state index in [0.717, 1.165) is 25.2 Å². The number of likely N-dealkylation sites (N-methyl/N-ethyl adjacent to an activating group) is 1. The molecule has 1 heterocycles. The fourth-order valence-corrected chi connectivity index (χ4v) is 2.99. The summed E-state index contributed by atoms with van der Waals surface area (Å²) in [4.78, 5) is 5.02. The average Bonchev–Trinajstić information content (AvgIpc) is 2.37. The predicted octanol–water partition coefficient (Wildman–Crippen LogP) is 1.98. The lowest BCUT2D eigenvalue weighted by Crippen LogP contribution is -2.54. The first-order chi connectivity index (χ1) is 9.38. The molecule has 1 fully saturated rings. The Balaban J connectivity index is 2.16. The summed E-state index contributed by atoms with van der Waals surface area (Å²) in [6, 6.07) is 5.71. The first kappa shape index (κ1) is 15.4. The van der Waals surface area contributed by atoms with E-state index in [9.17, 15) is 4.39 Å². The highest BCUT2D eigenvalue weighted by Gasteiger charge is 2.26. The van der Waals surface area contributed by atoms with Crippen molar-refractivity contribution in [3.8, 4) is 0 Å². The molecule has 2 unspecified atom stereocenters. The Kier molecular flexibility index (Phi) is 4.73. The summed E-state index contributed by atoms with van der Waals surface area (Å²) in [5.74, 6) is -0.295. The molecule has 3 nitrogen and oxygen atoms in total. The molecule has 0 aromatic heterocycles. The number of halogens is 1. The van der Waals surface area contributed by atoms with Crippen LogP contribution in [0.5, 0.6) is 0 Å². The number of benzene rings is 1. The Labute approximate surface area is 125 Å². The number of hydrogen-bond donors (Lipinski definition) is 1. The molecule has 0 amide bonds. The third-order valence-corrected chi connectivity index (χ3v) is 4.39. The van der Waals surface area contributed by atoms with E-state index >= 15 is 0 Å². The minimum absolute atomic E-state index is 0.259. The molecule has 1 aliphatic heterocycles. The summed E-state index contributed by atoms with van der Waals surface area (Å²) in [5.41, 5.74) is 7.36. The third-order valence-electron chi connectivity index (χ3n) is 4.17. The molecule has 1 saturated heterocycles. The van der Waals surface area contributed by atoms with Gasteiger partial charge in [0.25, 0.3) is 0 Å². The highest BCUT2D eigenvalue weighted by atomic mass is 32.1. The van der Waals surface area contributed by atoms with E-state index < -0.39 is 0 Å². The van der Waals surface area contributed by atoms with Gasteiger partial charge < -0.3 is 5.73 Å². The van der Waals surface area contributed by atoms with E-state index in [-0.39, 0.29) is 10.8 Å². The SMILES string of the molecule is CC1CN(Cc2ccc(F)cc2C(N)=S)CC(C)N1C. The highest BCUT2D eigenvalue weighted by Crippen LogP contribution is 2.19. The van der Waals surface area contributed by atoms with Crippen LogP contribution in [-0.2, 0) is 6.54 Å². The summed E-state index contributed by atoms with van der Waals surface area (Å²) in [6.45, 7) is 7.20. The lowest BCUT2D eigenvalue weighted by Gasteiger charge is -2.42. The maximum Gasteiger partial charge on any atom is 0.123 e. The zero-order chi connectivity index (χ0) is 14.9. The fourth-order valence-electron chi connectivity index (χ4n) is 2.80. The van der Waals surface area contributed by atoms with Gasteiger partial charge in [-0.3, -0.25) is 9.80 Å². The van der Waals surface area contributed by atoms with Crippen LogP contribution >= 0.6 is 12.2 Å². The lowest BCUT2D eigenvalue weighted by molar-refractivity contribution is 0.0556. The van der Waals surface area contributed by atoms with Gasteiger partial charge in [0.05, 0.1) is 0 Å². The molecule has 1 aromatic rings. The zero-order valence-corrected chi connectivity index (χ0v) is 13.1. The van der Waals surface area contributed by atoms with Gasteiger partial charge in [0, 0.05) is 37.3 Å². The Hall–Kier alpha value is -1.04. The van der Waals surface area contributed by atoms with Gasteiger partial charge in [0.2, 0.25) is 0 Å². The van der Waals surface area contributed by atoms with Crippen LogP contribution in [0.4, 0.5) is 4.39 Å². The number of rotatable bonds is 3. The van der Waals surface area contributed by atoms with Crippen LogP contribution in [0.25, 0.3) is 0 Å². The Bertz CT molecular complexity index is 494. The zero-order valence-electron chi connectivity index (χ0n) is 12.3. The molecular weight excluding hydrogens is 273 g/mol. The molecule has 1 aliphatic rings. The summed E-state index contributed by atoms with van der Waals surface area (Å²) >= 11 is 5.03. The lowest BCUT2D eigenvalue weighted by atomic mass is 10.0. The molecule has 0 radical (unpaired) electrons. The Morgan fingerprint density at radius 1 is 1.35 bits per heavy atom. The van der Waals surface area contributed by atoms with Gasteiger partial charge in [-0.2, -0.15) is 0 Å². The molecule has 0 saturated carbocycles. The minimum Gasteiger partial charge on any atom is -0.389 e. The van der Waals surface area contributed by atoms with Gasteiger partial charge in [0.1, 0.15) is 10.8 Å². The normalized spacial score (nSPS) is 24.8. The van der Waals surface area contributed by atoms with E-state index in [2.05, 4.69) is 30.7 Å². The van der Waals surface area contributed by atoms with Crippen LogP contribution in [0.3, 0.4) is 0 Å². The second-order valence-electron chi connectivity index (χ2n) is 5.72. The van der Waals surface area contributed by atoms with Crippen molar-refractivity contribution in [2.45, 2.75) is 32.5 Å². The smallest absolute Gasteiger partial charge is 0.123 e. The molecular formula is C15H22FN3S. The fraction of sp³-hybridized carbons (Fsp3) is 0.533. The van der Waals surface area contributed by atoms with Crippen LogP contribution < -0.4 is 5.73 Å². The van der Waals surface area contributed by atoms with Crippen molar-refractivity contribution in [2.24, 2.45) is 5.73 Å². The molecule has 1 aromatic carbocycles. The van der Waals surface area contributed by atoms with Crippen molar-refractivity contribution in [3.05, 3.63) is 35.1 Å². The molecule has 110 valence electrons. The first-order valence-electron chi connectivity index (χ1n) is 6.91.